The lowest BCUT2D eigenvalue weighted by atomic mass is 10.0. The van der Waals surface area contributed by atoms with Crippen LogP contribution in [-0.4, -0.2) is 17.0 Å². The van der Waals surface area contributed by atoms with E-state index in [1.54, 1.807) is 24.3 Å². The predicted molar refractivity (Wildman–Crippen MR) is 58.8 cm³/mol. The van der Waals surface area contributed by atoms with E-state index in [-0.39, 0.29) is 12.5 Å². The van der Waals surface area contributed by atoms with Crippen LogP contribution in [0.2, 0.25) is 0 Å². The Hall–Kier alpha value is -1.88. The van der Waals surface area contributed by atoms with Gasteiger partial charge in [0.05, 0.1) is 0 Å². The number of nitrogens with two attached hydrogens (primary N) is 2. The zero-order valence-corrected chi connectivity index (χ0v) is 8.72. The van der Waals surface area contributed by atoms with Crippen LogP contribution in [0.25, 0.3) is 0 Å². The van der Waals surface area contributed by atoms with Crippen molar-refractivity contribution in [3.8, 4) is 0 Å². The molecule has 1 atom stereocenters. The summed E-state index contributed by atoms with van der Waals surface area (Å²) in [5.74, 6) is -1.37. The number of hydrogen-bond donors (Lipinski definition) is 3. The normalized spacial score (nSPS) is 12.1. The highest BCUT2D eigenvalue weighted by atomic mass is 16.4. The molecular weight excluding hydrogens is 208 g/mol. The minimum absolute atomic E-state index is 0.0265. The van der Waals surface area contributed by atoms with E-state index in [1.165, 1.54) is 0 Å². The van der Waals surface area contributed by atoms with Gasteiger partial charge in [0.25, 0.3) is 0 Å². The number of hydrogen-bond acceptors (Lipinski definition) is 3. The van der Waals surface area contributed by atoms with Crippen molar-refractivity contribution in [2.24, 2.45) is 11.5 Å². The summed E-state index contributed by atoms with van der Waals surface area (Å²) in [7, 11) is 0. The summed E-state index contributed by atoms with van der Waals surface area (Å²) in [6, 6.07) is 6.20. The van der Waals surface area contributed by atoms with Gasteiger partial charge in [0.2, 0.25) is 5.91 Å². The third-order valence-corrected chi connectivity index (χ3v) is 2.29. The molecule has 1 unspecified atom stereocenters. The Balaban J connectivity index is 2.66. The quantitative estimate of drug-likeness (QED) is 0.679. The molecule has 0 heterocycles. The van der Waals surface area contributed by atoms with Gasteiger partial charge in [0, 0.05) is 18.0 Å². The fraction of sp³-hybridized carbons (Fsp3) is 0.273. The SMILES string of the molecule is NC(=O)c1ccc(C(N)CCC(=O)O)cc1. The van der Waals surface area contributed by atoms with E-state index in [9.17, 15) is 9.59 Å². The molecule has 0 fully saturated rings. The third-order valence-electron chi connectivity index (χ3n) is 2.29. The van der Waals surface area contributed by atoms with Crippen LogP contribution in [0, 0.1) is 0 Å². The molecule has 0 aromatic heterocycles. The molecule has 0 aliphatic carbocycles. The summed E-state index contributed by atoms with van der Waals surface area (Å²) in [4.78, 5) is 21.2. The Morgan fingerprint density at radius 3 is 2.25 bits per heavy atom. The van der Waals surface area contributed by atoms with Crippen LogP contribution in [-0.2, 0) is 4.79 Å². The van der Waals surface area contributed by atoms with E-state index < -0.39 is 11.9 Å². The zero-order valence-electron chi connectivity index (χ0n) is 8.72. The molecule has 1 aromatic rings. The fourth-order valence-corrected chi connectivity index (χ4v) is 1.34. The lowest BCUT2D eigenvalue weighted by molar-refractivity contribution is -0.137. The second-order valence-electron chi connectivity index (χ2n) is 3.53. The molecule has 0 radical (unpaired) electrons. The number of carboxylic acids is 1. The molecule has 0 saturated carbocycles. The van der Waals surface area contributed by atoms with Crippen LogP contribution in [0.4, 0.5) is 0 Å². The summed E-state index contributed by atoms with van der Waals surface area (Å²) >= 11 is 0. The Kier molecular flexibility index (Phi) is 4.02. The van der Waals surface area contributed by atoms with Crippen molar-refractivity contribution >= 4 is 11.9 Å². The topological polar surface area (TPSA) is 106 Å². The first-order valence-electron chi connectivity index (χ1n) is 4.88. The Morgan fingerprint density at radius 2 is 1.81 bits per heavy atom. The summed E-state index contributed by atoms with van der Waals surface area (Å²) in [5.41, 5.74) is 12.1. The van der Waals surface area contributed by atoms with Gasteiger partial charge in [0.1, 0.15) is 0 Å². The molecule has 0 aliphatic rings. The maximum atomic E-state index is 10.8. The Morgan fingerprint density at radius 1 is 1.25 bits per heavy atom. The van der Waals surface area contributed by atoms with Gasteiger partial charge < -0.3 is 16.6 Å². The number of aliphatic carboxylic acids is 1. The minimum atomic E-state index is -0.871. The average molecular weight is 222 g/mol. The van der Waals surface area contributed by atoms with E-state index in [1.807, 2.05) is 0 Å². The lowest BCUT2D eigenvalue weighted by Gasteiger charge is -2.10. The van der Waals surface area contributed by atoms with E-state index in [2.05, 4.69) is 0 Å². The number of carbonyl (C=O) groups is 2. The molecule has 0 aliphatic heterocycles. The highest BCUT2D eigenvalue weighted by Gasteiger charge is 2.09. The number of carbonyl (C=O) groups excluding carboxylic acids is 1. The van der Waals surface area contributed by atoms with E-state index in [0.29, 0.717) is 12.0 Å². The van der Waals surface area contributed by atoms with Gasteiger partial charge in [-0.2, -0.15) is 0 Å². The Labute approximate surface area is 93.1 Å². The lowest BCUT2D eigenvalue weighted by Crippen LogP contribution is -2.14. The highest BCUT2D eigenvalue weighted by Crippen LogP contribution is 2.16. The maximum Gasteiger partial charge on any atom is 0.303 e. The number of carboxylic acid groups (broad SMARTS) is 1. The smallest absolute Gasteiger partial charge is 0.303 e. The highest BCUT2D eigenvalue weighted by molar-refractivity contribution is 5.92. The van der Waals surface area contributed by atoms with Crippen LogP contribution in [0.5, 0.6) is 0 Å². The molecular formula is C11H14N2O3. The van der Waals surface area contributed by atoms with Crippen molar-refractivity contribution in [3.63, 3.8) is 0 Å². The molecule has 1 amide bonds. The number of amides is 1. The largest absolute Gasteiger partial charge is 0.481 e. The van der Waals surface area contributed by atoms with Crippen LogP contribution in [0.3, 0.4) is 0 Å². The first kappa shape index (κ1) is 12.2. The van der Waals surface area contributed by atoms with Crippen molar-refractivity contribution < 1.29 is 14.7 Å². The van der Waals surface area contributed by atoms with Crippen molar-refractivity contribution in [2.45, 2.75) is 18.9 Å². The molecule has 5 N–H and O–H groups in total. The fourth-order valence-electron chi connectivity index (χ4n) is 1.34. The number of benzene rings is 1. The first-order chi connectivity index (χ1) is 7.50. The van der Waals surface area contributed by atoms with Gasteiger partial charge >= 0.3 is 5.97 Å². The van der Waals surface area contributed by atoms with Gasteiger partial charge in [-0.25, -0.2) is 0 Å². The second-order valence-corrected chi connectivity index (χ2v) is 3.53. The first-order valence-corrected chi connectivity index (χ1v) is 4.88. The minimum Gasteiger partial charge on any atom is -0.481 e. The molecule has 86 valence electrons. The van der Waals surface area contributed by atoms with Crippen molar-refractivity contribution in [1.29, 1.82) is 0 Å². The van der Waals surface area contributed by atoms with Crippen LogP contribution < -0.4 is 11.5 Å². The molecule has 1 aromatic carbocycles. The summed E-state index contributed by atoms with van der Waals surface area (Å²) < 4.78 is 0. The summed E-state index contributed by atoms with van der Waals surface area (Å²) in [5, 5.41) is 8.51. The van der Waals surface area contributed by atoms with Gasteiger partial charge in [-0.15, -0.1) is 0 Å². The van der Waals surface area contributed by atoms with E-state index in [4.69, 9.17) is 16.6 Å². The molecule has 5 heteroatoms. The van der Waals surface area contributed by atoms with Gasteiger partial charge in [-0.1, -0.05) is 12.1 Å². The Bertz CT molecular complexity index is 387. The molecule has 1 rings (SSSR count). The second kappa shape index (κ2) is 5.27. The zero-order chi connectivity index (χ0) is 12.1. The van der Waals surface area contributed by atoms with E-state index in [0.717, 1.165) is 5.56 Å². The number of rotatable bonds is 5. The van der Waals surface area contributed by atoms with Gasteiger partial charge in [-0.05, 0) is 24.1 Å². The molecule has 0 spiro atoms. The monoisotopic (exact) mass is 222 g/mol. The third kappa shape index (κ3) is 3.36. The molecule has 16 heavy (non-hydrogen) atoms. The van der Waals surface area contributed by atoms with Crippen LogP contribution >= 0.6 is 0 Å². The van der Waals surface area contributed by atoms with Crippen molar-refractivity contribution in [1.82, 2.24) is 0 Å². The average Bonchev–Trinajstić information content (AvgIpc) is 2.26. The molecule has 0 bridgehead atoms. The van der Waals surface area contributed by atoms with Gasteiger partial charge in [-0.3, -0.25) is 9.59 Å². The van der Waals surface area contributed by atoms with Crippen molar-refractivity contribution in [3.05, 3.63) is 35.4 Å². The molecule has 0 saturated heterocycles. The van der Waals surface area contributed by atoms with Crippen molar-refractivity contribution in [2.75, 3.05) is 0 Å². The standard InChI is InChI=1S/C11H14N2O3/c12-9(5-6-10(14)15)7-1-3-8(4-2-7)11(13)16/h1-4,9H,5-6,12H2,(H2,13,16)(H,14,15). The summed E-state index contributed by atoms with van der Waals surface area (Å²) in [6.07, 6.45) is 0.393. The number of primary amides is 1. The van der Waals surface area contributed by atoms with Gasteiger partial charge in [0.15, 0.2) is 0 Å². The molecule has 5 nitrogen and oxygen atoms in total. The van der Waals surface area contributed by atoms with Crippen LogP contribution in [0.15, 0.2) is 24.3 Å². The summed E-state index contributed by atoms with van der Waals surface area (Å²) in [6.45, 7) is 0. The van der Waals surface area contributed by atoms with Crippen LogP contribution in [0.1, 0.15) is 34.8 Å². The van der Waals surface area contributed by atoms with E-state index >= 15 is 0 Å². The maximum absolute atomic E-state index is 10.8. The predicted octanol–water partition coefficient (Wildman–Crippen LogP) is 0.650.